The number of piperazine rings is 1. The first-order valence-corrected chi connectivity index (χ1v) is 8.77. The fourth-order valence-electron chi connectivity index (χ4n) is 2.95. The van der Waals surface area contributed by atoms with E-state index in [-0.39, 0.29) is 23.6 Å². The lowest BCUT2D eigenvalue weighted by Crippen LogP contribution is -2.66. The standard InChI is InChI=1S/C15H18F14N2O/c1-7(32-8(2)12(19,20)9(16)13(21,22)23)11(18,14(24,25)26)10(17)30-3-5-31(6-4-30)15(27,28)29/h7-10H,3-6H2,1-2H3. The number of rotatable bonds is 7. The summed E-state index contributed by atoms with van der Waals surface area (Å²) in [5, 5.41) is 0. The van der Waals surface area contributed by atoms with E-state index >= 15 is 0 Å². The summed E-state index contributed by atoms with van der Waals surface area (Å²) in [6.45, 7) is -4.09. The molecule has 0 aromatic heterocycles. The third-order valence-electron chi connectivity index (χ3n) is 4.94. The number of nitrogens with zero attached hydrogens (tertiary/aromatic N) is 2. The zero-order valence-corrected chi connectivity index (χ0v) is 16.2. The van der Waals surface area contributed by atoms with Gasteiger partial charge in [0, 0.05) is 26.2 Å². The Hall–Kier alpha value is -1.10. The van der Waals surface area contributed by atoms with Crippen molar-refractivity contribution in [2.24, 2.45) is 0 Å². The van der Waals surface area contributed by atoms with Crippen molar-refractivity contribution in [3.63, 3.8) is 0 Å². The van der Waals surface area contributed by atoms with E-state index < -0.39 is 81.1 Å². The van der Waals surface area contributed by atoms with Gasteiger partial charge >= 0.3 is 24.6 Å². The Morgan fingerprint density at radius 1 is 0.688 bits per heavy atom. The molecule has 192 valence electrons. The highest BCUT2D eigenvalue weighted by molar-refractivity contribution is 5.01. The van der Waals surface area contributed by atoms with Crippen LogP contribution in [0.4, 0.5) is 61.5 Å². The second kappa shape index (κ2) is 9.27. The predicted octanol–water partition coefficient (Wildman–Crippen LogP) is 5.02. The van der Waals surface area contributed by atoms with Gasteiger partial charge < -0.3 is 4.74 Å². The molecule has 0 saturated carbocycles. The molecule has 1 aliphatic rings. The molecule has 5 atom stereocenters. The number of halogens is 14. The first-order chi connectivity index (χ1) is 14.1. The van der Waals surface area contributed by atoms with Crippen molar-refractivity contribution >= 4 is 0 Å². The molecule has 0 aromatic carbocycles. The van der Waals surface area contributed by atoms with Crippen LogP contribution in [0.3, 0.4) is 0 Å². The molecule has 0 aromatic rings. The lowest BCUT2D eigenvalue weighted by atomic mass is 9.95. The highest BCUT2D eigenvalue weighted by atomic mass is 19.4. The Balaban J connectivity index is 3.09. The summed E-state index contributed by atoms with van der Waals surface area (Å²) in [6, 6.07) is 0. The van der Waals surface area contributed by atoms with Crippen molar-refractivity contribution < 1.29 is 66.2 Å². The quantitative estimate of drug-likeness (QED) is 0.355. The molecule has 1 heterocycles. The molecule has 0 amide bonds. The van der Waals surface area contributed by atoms with Gasteiger partial charge in [-0.3, -0.25) is 4.90 Å². The number of hydrogen-bond acceptors (Lipinski definition) is 3. The van der Waals surface area contributed by atoms with E-state index in [1.165, 1.54) is 0 Å². The number of ether oxygens (including phenoxy) is 1. The predicted molar refractivity (Wildman–Crippen MR) is 79.9 cm³/mol. The summed E-state index contributed by atoms with van der Waals surface area (Å²) in [7, 11) is 0. The average Bonchev–Trinajstić information content (AvgIpc) is 2.63. The smallest absolute Gasteiger partial charge is 0.365 e. The van der Waals surface area contributed by atoms with Gasteiger partial charge in [0.05, 0.1) is 0 Å². The summed E-state index contributed by atoms with van der Waals surface area (Å²) in [4.78, 5) is -0.170. The lowest BCUT2D eigenvalue weighted by Gasteiger charge is -2.44. The van der Waals surface area contributed by atoms with E-state index in [4.69, 9.17) is 0 Å². The van der Waals surface area contributed by atoms with Gasteiger partial charge in [-0.25, -0.2) is 26.9 Å². The minimum absolute atomic E-state index is 0.0199. The first kappa shape index (κ1) is 28.9. The Kier molecular flexibility index (Phi) is 8.38. The molecule has 0 aliphatic carbocycles. The maximum Gasteiger partial charge on any atom is 0.460 e. The van der Waals surface area contributed by atoms with Crippen molar-refractivity contribution in [2.45, 2.75) is 68.8 Å². The van der Waals surface area contributed by atoms with Crippen molar-refractivity contribution in [2.75, 3.05) is 26.2 Å². The molecule has 32 heavy (non-hydrogen) atoms. The maximum atomic E-state index is 14.9. The maximum absolute atomic E-state index is 14.9. The lowest BCUT2D eigenvalue weighted by molar-refractivity contribution is -0.325. The molecule has 0 bridgehead atoms. The monoisotopic (exact) mass is 508 g/mol. The van der Waals surface area contributed by atoms with Gasteiger partial charge in [-0.1, -0.05) is 0 Å². The second-order valence-electron chi connectivity index (χ2n) is 7.09. The first-order valence-electron chi connectivity index (χ1n) is 8.77. The molecule has 5 unspecified atom stereocenters. The van der Waals surface area contributed by atoms with Gasteiger partial charge in [0.25, 0.3) is 11.8 Å². The molecule has 17 heteroatoms. The van der Waals surface area contributed by atoms with Crippen molar-refractivity contribution in [3.8, 4) is 0 Å². The molecule has 0 spiro atoms. The third-order valence-corrected chi connectivity index (χ3v) is 4.94. The van der Waals surface area contributed by atoms with Crippen molar-refractivity contribution in [1.82, 2.24) is 9.80 Å². The second-order valence-corrected chi connectivity index (χ2v) is 7.09. The van der Waals surface area contributed by atoms with E-state index in [1.807, 2.05) is 0 Å². The van der Waals surface area contributed by atoms with Crippen molar-refractivity contribution in [3.05, 3.63) is 0 Å². The molecular weight excluding hydrogens is 490 g/mol. The van der Waals surface area contributed by atoms with Crippen LogP contribution in [0.2, 0.25) is 0 Å². The van der Waals surface area contributed by atoms with Gasteiger partial charge in [-0.15, -0.1) is 0 Å². The molecule has 1 fully saturated rings. The van der Waals surface area contributed by atoms with E-state index in [1.54, 1.807) is 0 Å². The molecule has 1 aliphatic heterocycles. The number of hydrogen-bond donors (Lipinski definition) is 0. The zero-order valence-electron chi connectivity index (χ0n) is 16.2. The van der Waals surface area contributed by atoms with Crippen LogP contribution in [0.1, 0.15) is 13.8 Å². The van der Waals surface area contributed by atoms with E-state index in [9.17, 15) is 61.5 Å². The normalized spacial score (nSPS) is 24.0. The van der Waals surface area contributed by atoms with Crippen LogP contribution in [0.25, 0.3) is 0 Å². The van der Waals surface area contributed by atoms with Gasteiger partial charge in [0.15, 0.2) is 6.30 Å². The van der Waals surface area contributed by atoms with Crippen LogP contribution >= 0.6 is 0 Å². The van der Waals surface area contributed by atoms with Crippen LogP contribution in [0, 0.1) is 0 Å². The van der Waals surface area contributed by atoms with Gasteiger partial charge in [0.2, 0.25) is 0 Å². The summed E-state index contributed by atoms with van der Waals surface area (Å²) in [6.07, 6.45) is -32.4. The van der Waals surface area contributed by atoms with Crippen LogP contribution in [-0.4, -0.2) is 90.9 Å². The molecule has 0 radical (unpaired) electrons. The average molecular weight is 508 g/mol. The largest absolute Gasteiger partial charge is 0.460 e. The summed E-state index contributed by atoms with van der Waals surface area (Å²) in [5.41, 5.74) is -5.15. The van der Waals surface area contributed by atoms with E-state index in [0.29, 0.717) is 0 Å². The van der Waals surface area contributed by atoms with Crippen LogP contribution < -0.4 is 0 Å². The topological polar surface area (TPSA) is 15.7 Å². The van der Waals surface area contributed by atoms with Crippen molar-refractivity contribution in [1.29, 1.82) is 0 Å². The minimum Gasteiger partial charge on any atom is -0.365 e. The molecule has 0 N–H and O–H groups in total. The van der Waals surface area contributed by atoms with Crippen LogP contribution in [0.15, 0.2) is 0 Å². The van der Waals surface area contributed by atoms with Gasteiger partial charge in [0.1, 0.15) is 12.2 Å². The highest BCUT2D eigenvalue weighted by Crippen LogP contribution is 2.45. The zero-order chi connectivity index (χ0) is 25.5. The third kappa shape index (κ3) is 5.87. The Labute approximate surface area is 172 Å². The van der Waals surface area contributed by atoms with Crippen LogP contribution in [-0.2, 0) is 4.74 Å². The Morgan fingerprint density at radius 2 is 1.12 bits per heavy atom. The Bertz CT molecular complexity index is 613. The summed E-state index contributed by atoms with van der Waals surface area (Å²) >= 11 is 0. The molecule has 1 saturated heterocycles. The summed E-state index contributed by atoms with van der Waals surface area (Å²) < 4.78 is 188. The number of alkyl halides is 14. The van der Waals surface area contributed by atoms with Crippen LogP contribution in [0.5, 0.6) is 0 Å². The summed E-state index contributed by atoms with van der Waals surface area (Å²) in [5.74, 6) is -5.47. The van der Waals surface area contributed by atoms with E-state index in [0.717, 1.165) is 0 Å². The Morgan fingerprint density at radius 3 is 1.47 bits per heavy atom. The SMILES string of the molecule is CC(OC(C)C(F)(C(F)N1CCN(C(F)(F)F)CC1)C(F)(F)F)C(F)(F)C(F)C(F)(F)F. The molecule has 3 nitrogen and oxygen atoms in total. The van der Waals surface area contributed by atoms with Gasteiger partial charge in [-0.05, 0) is 13.8 Å². The molecule has 1 rings (SSSR count). The van der Waals surface area contributed by atoms with Gasteiger partial charge in [-0.2, -0.15) is 39.5 Å². The fraction of sp³-hybridized carbons (Fsp3) is 1.00. The highest BCUT2D eigenvalue weighted by Gasteiger charge is 2.68. The van der Waals surface area contributed by atoms with E-state index in [2.05, 4.69) is 4.74 Å². The minimum atomic E-state index is -6.19. The molecular formula is C15H18F14N2O. The fourth-order valence-corrected chi connectivity index (χ4v) is 2.95.